The molecule has 2 aliphatic heterocycles. The summed E-state index contributed by atoms with van der Waals surface area (Å²) in [5.41, 5.74) is 0.732. The number of carbonyl (C=O) groups excluding carboxylic acids is 1. The van der Waals surface area contributed by atoms with Gasteiger partial charge in [0.05, 0.1) is 13.2 Å². The molecule has 3 rings (SSSR count). The molecule has 0 unspecified atom stereocenters. The van der Waals surface area contributed by atoms with Gasteiger partial charge < -0.3 is 20.3 Å². The minimum Gasteiger partial charge on any atom is -0.473 e. The van der Waals surface area contributed by atoms with Crippen LogP contribution in [0.4, 0.5) is 4.39 Å². The number of benzene rings is 1. The van der Waals surface area contributed by atoms with Crippen molar-refractivity contribution in [3.05, 3.63) is 35.6 Å². The normalized spacial score (nSPS) is 18.0. The predicted octanol–water partition coefficient (Wildman–Crippen LogP) is 0.642. The number of carboxylic acid groups (broad SMARTS) is 2. The number of aliphatic carboxylic acids is 2. The highest BCUT2D eigenvalue weighted by molar-refractivity contribution is 6.27. The van der Waals surface area contributed by atoms with Crippen molar-refractivity contribution in [1.29, 1.82) is 0 Å². The second-order valence-electron chi connectivity index (χ2n) is 7.50. The van der Waals surface area contributed by atoms with Gasteiger partial charge >= 0.3 is 11.9 Å². The number of likely N-dealkylation sites (tertiary alicyclic amines) is 1. The smallest absolute Gasteiger partial charge is 0.414 e. The quantitative estimate of drug-likeness (QED) is 0.553. The number of hydrogen-bond donors (Lipinski definition) is 3. The summed E-state index contributed by atoms with van der Waals surface area (Å²) in [6, 6.07) is 6.92. The lowest BCUT2D eigenvalue weighted by atomic mass is 9.95. The molecule has 0 bridgehead atoms. The van der Waals surface area contributed by atoms with Crippen molar-refractivity contribution in [2.45, 2.75) is 19.4 Å². The fraction of sp³-hybridized carbons (Fsp3) is 0.571. The van der Waals surface area contributed by atoms with Crippen molar-refractivity contribution in [2.75, 3.05) is 52.5 Å². The fourth-order valence-electron chi connectivity index (χ4n) is 3.53. The van der Waals surface area contributed by atoms with Gasteiger partial charge in [0.25, 0.3) is 0 Å². The lowest BCUT2D eigenvalue weighted by molar-refractivity contribution is -0.159. The molecule has 2 saturated heterocycles. The average molecular weight is 439 g/mol. The lowest BCUT2D eigenvalue weighted by Gasteiger charge is -2.31. The molecule has 0 aromatic heterocycles. The van der Waals surface area contributed by atoms with Crippen molar-refractivity contribution < 1.29 is 33.7 Å². The average Bonchev–Trinajstić information content (AvgIpc) is 2.77. The highest BCUT2D eigenvalue weighted by Crippen LogP contribution is 2.20. The van der Waals surface area contributed by atoms with Gasteiger partial charge in [-0.05, 0) is 32.0 Å². The first kappa shape index (κ1) is 24.7. The van der Waals surface area contributed by atoms with Gasteiger partial charge in [0.1, 0.15) is 5.82 Å². The predicted molar refractivity (Wildman–Crippen MR) is 110 cm³/mol. The Morgan fingerprint density at radius 1 is 1.00 bits per heavy atom. The van der Waals surface area contributed by atoms with Gasteiger partial charge in [-0.3, -0.25) is 14.6 Å². The molecule has 0 atom stereocenters. The second-order valence-corrected chi connectivity index (χ2v) is 7.50. The molecule has 1 aromatic rings. The fourth-order valence-corrected chi connectivity index (χ4v) is 3.53. The Hall–Kier alpha value is -2.56. The Kier molecular flexibility index (Phi) is 10.3. The van der Waals surface area contributed by atoms with Crippen LogP contribution in [-0.2, 0) is 25.7 Å². The highest BCUT2D eigenvalue weighted by Gasteiger charge is 2.25. The summed E-state index contributed by atoms with van der Waals surface area (Å²) in [6.45, 7) is 7.37. The molecule has 10 heteroatoms. The molecule has 2 aliphatic rings. The van der Waals surface area contributed by atoms with E-state index in [1.807, 2.05) is 12.1 Å². The van der Waals surface area contributed by atoms with E-state index in [2.05, 4.69) is 15.1 Å². The molecular formula is C21H30FN3O6. The maximum absolute atomic E-state index is 13.7. The molecule has 0 spiro atoms. The van der Waals surface area contributed by atoms with Crippen molar-refractivity contribution in [3.8, 4) is 0 Å². The van der Waals surface area contributed by atoms with E-state index in [1.54, 1.807) is 6.07 Å². The van der Waals surface area contributed by atoms with Gasteiger partial charge in [-0.2, -0.15) is 0 Å². The summed E-state index contributed by atoms with van der Waals surface area (Å²) >= 11 is 0. The number of halogens is 1. The summed E-state index contributed by atoms with van der Waals surface area (Å²) < 4.78 is 19.1. The Morgan fingerprint density at radius 3 is 2.19 bits per heavy atom. The maximum Gasteiger partial charge on any atom is 0.414 e. The number of hydrogen-bond acceptors (Lipinski definition) is 6. The molecule has 0 radical (unpaired) electrons. The molecule has 1 aromatic carbocycles. The number of amides is 1. The van der Waals surface area contributed by atoms with Crippen LogP contribution in [0.2, 0.25) is 0 Å². The van der Waals surface area contributed by atoms with E-state index in [1.165, 1.54) is 6.07 Å². The van der Waals surface area contributed by atoms with Crippen molar-refractivity contribution in [3.63, 3.8) is 0 Å². The van der Waals surface area contributed by atoms with Gasteiger partial charge in [-0.15, -0.1) is 0 Å². The maximum atomic E-state index is 13.7. The Morgan fingerprint density at radius 2 is 1.61 bits per heavy atom. The van der Waals surface area contributed by atoms with Crippen LogP contribution in [-0.4, -0.2) is 90.3 Å². The number of nitrogens with one attached hydrogen (secondary N) is 1. The number of ether oxygens (including phenoxy) is 1. The molecule has 172 valence electrons. The van der Waals surface area contributed by atoms with Crippen LogP contribution >= 0.6 is 0 Å². The van der Waals surface area contributed by atoms with Crippen molar-refractivity contribution >= 4 is 17.8 Å². The third kappa shape index (κ3) is 8.99. The third-order valence-electron chi connectivity index (χ3n) is 5.32. The summed E-state index contributed by atoms with van der Waals surface area (Å²) in [4.78, 5) is 35.1. The Bertz CT molecular complexity index is 722. The summed E-state index contributed by atoms with van der Waals surface area (Å²) in [6.07, 6.45) is 1.69. The van der Waals surface area contributed by atoms with E-state index < -0.39 is 11.9 Å². The SMILES string of the molecule is O=C(NCCN1CCOCC1)C1CCN(Cc2ccccc2F)CC1.O=C(O)C(=O)O. The number of nitrogens with zero attached hydrogens (tertiary/aromatic N) is 2. The van der Waals surface area contributed by atoms with Crippen LogP contribution in [0.15, 0.2) is 24.3 Å². The third-order valence-corrected chi connectivity index (χ3v) is 5.32. The monoisotopic (exact) mass is 439 g/mol. The van der Waals surface area contributed by atoms with Gasteiger partial charge in [0.15, 0.2) is 0 Å². The van der Waals surface area contributed by atoms with Gasteiger partial charge in [0.2, 0.25) is 5.91 Å². The number of carbonyl (C=O) groups is 3. The zero-order chi connectivity index (χ0) is 22.6. The van der Waals surface area contributed by atoms with E-state index in [0.29, 0.717) is 13.1 Å². The Balaban J connectivity index is 0.000000501. The zero-order valence-corrected chi connectivity index (χ0v) is 17.5. The molecule has 9 nitrogen and oxygen atoms in total. The minimum atomic E-state index is -1.82. The van der Waals surface area contributed by atoms with Crippen LogP contribution in [0.5, 0.6) is 0 Å². The Labute approximate surface area is 180 Å². The van der Waals surface area contributed by atoms with Gasteiger partial charge in [-0.25, -0.2) is 14.0 Å². The van der Waals surface area contributed by atoms with Crippen LogP contribution in [0.25, 0.3) is 0 Å². The second kappa shape index (κ2) is 13.0. The first-order valence-electron chi connectivity index (χ1n) is 10.4. The van der Waals surface area contributed by atoms with Crippen LogP contribution in [0, 0.1) is 11.7 Å². The zero-order valence-electron chi connectivity index (χ0n) is 17.5. The molecule has 1 amide bonds. The van der Waals surface area contributed by atoms with Crippen LogP contribution in [0.1, 0.15) is 18.4 Å². The van der Waals surface area contributed by atoms with Gasteiger partial charge in [-0.1, -0.05) is 18.2 Å². The number of carboxylic acids is 2. The van der Waals surface area contributed by atoms with E-state index in [-0.39, 0.29) is 17.6 Å². The highest BCUT2D eigenvalue weighted by atomic mass is 19.1. The molecule has 3 N–H and O–H groups in total. The summed E-state index contributed by atoms with van der Waals surface area (Å²) in [5, 5.41) is 17.9. The van der Waals surface area contributed by atoms with E-state index >= 15 is 0 Å². The topological polar surface area (TPSA) is 119 Å². The summed E-state index contributed by atoms with van der Waals surface area (Å²) in [7, 11) is 0. The molecule has 31 heavy (non-hydrogen) atoms. The van der Waals surface area contributed by atoms with E-state index in [4.69, 9.17) is 24.5 Å². The first-order valence-corrected chi connectivity index (χ1v) is 10.4. The number of piperidine rings is 1. The number of rotatable bonds is 6. The van der Waals surface area contributed by atoms with E-state index in [9.17, 15) is 9.18 Å². The van der Waals surface area contributed by atoms with Crippen molar-refractivity contribution in [1.82, 2.24) is 15.1 Å². The van der Waals surface area contributed by atoms with Gasteiger partial charge in [0, 0.05) is 44.2 Å². The first-order chi connectivity index (χ1) is 14.9. The molecule has 0 saturated carbocycles. The molecule has 2 fully saturated rings. The van der Waals surface area contributed by atoms with Crippen LogP contribution in [0.3, 0.4) is 0 Å². The molecular weight excluding hydrogens is 409 g/mol. The summed E-state index contributed by atoms with van der Waals surface area (Å²) in [5.74, 6) is -3.55. The van der Waals surface area contributed by atoms with E-state index in [0.717, 1.165) is 64.3 Å². The largest absolute Gasteiger partial charge is 0.473 e. The lowest BCUT2D eigenvalue weighted by Crippen LogP contribution is -2.44. The van der Waals surface area contributed by atoms with Crippen LogP contribution < -0.4 is 5.32 Å². The molecule has 0 aliphatic carbocycles. The minimum absolute atomic E-state index is 0.0848. The van der Waals surface area contributed by atoms with Crippen molar-refractivity contribution in [2.24, 2.45) is 5.92 Å². The standard InChI is InChI=1S/C19H28FN3O2.C2H2O4/c20-18-4-2-1-3-17(18)15-23-8-5-16(6-9-23)19(24)21-7-10-22-11-13-25-14-12-22;3-1(4)2(5)6/h1-4,16H,5-15H2,(H,21,24);(H,3,4)(H,5,6). The molecule has 2 heterocycles. The number of morpholine rings is 1.